The van der Waals surface area contributed by atoms with E-state index in [2.05, 4.69) is 20.2 Å². The number of anilines is 1. The van der Waals surface area contributed by atoms with Crippen LogP contribution < -0.4 is 5.32 Å². The van der Waals surface area contributed by atoms with Crippen molar-refractivity contribution >= 4 is 29.1 Å². The summed E-state index contributed by atoms with van der Waals surface area (Å²) in [5.41, 5.74) is 1.77. The number of nitrogens with one attached hydrogen (secondary N) is 1. The Morgan fingerprint density at radius 2 is 1.90 bits per heavy atom. The van der Waals surface area contributed by atoms with Crippen molar-refractivity contribution in [2.75, 3.05) is 38.0 Å². The lowest BCUT2D eigenvalue weighted by atomic mass is 10.1. The summed E-state index contributed by atoms with van der Waals surface area (Å²) in [6.45, 7) is 5.71. The van der Waals surface area contributed by atoms with Gasteiger partial charge in [-0.15, -0.1) is 0 Å². The lowest BCUT2D eigenvalue weighted by Crippen LogP contribution is -2.37. The number of nitrogens with zero attached hydrogens (tertiary/aromatic N) is 4. The van der Waals surface area contributed by atoms with Crippen molar-refractivity contribution in [3.63, 3.8) is 0 Å². The number of carbonyl (C=O) groups excluding carboxylic acids is 2. The molecule has 0 spiro atoms. The van der Waals surface area contributed by atoms with Gasteiger partial charge in [0.25, 0.3) is 5.91 Å². The number of carbonyl (C=O) groups is 2. The number of rotatable bonds is 5. The van der Waals surface area contributed by atoms with Crippen molar-refractivity contribution in [3.05, 3.63) is 52.6 Å². The lowest BCUT2D eigenvalue weighted by molar-refractivity contribution is -0.131. The minimum absolute atomic E-state index is 0.184. The summed E-state index contributed by atoms with van der Waals surface area (Å²) in [4.78, 5) is 38.2. The third-order valence-corrected chi connectivity index (χ3v) is 6.05. The highest BCUT2D eigenvalue weighted by Crippen LogP contribution is 2.25. The van der Waals surface area contributed by atoms with Crippen LogP contribution in [-0.4, -0.2) is 64.3 Å². The van der Waals surface area contributed by atoms with Crippen LogP contribution >= 0.6 is 11.6 Å². The predicted octanol–water partition coefficient (Wildman–Crippen LogP) is 3.10. The number of hydrogen-bond acceptors (Lipinski definition) is 5. The Morgan fingerprint density at radius 1 is 1.17 bits per heavy atom. The van der Waals surface area contributed by atoms with Gasteiger partial charge >= 0.3 is 0 Å². The van der Waals surface area contributed by atoms with Gasteiger partial charge in [-0.2, -0.15) is 0 Å². The van der Waals surface area contributed by atoms with Crippen LogP contribution in [0.4, 0.5) is 5.69 Å². The molecular formula is C22H26ClN5O2. The molecule has 1 unspecified atom stereocenters. The van der Waals surface area contributed by atoms with Crippen LogP contribution in [0.1, 0.15) is 47.1 Å². The second-order valence-corrected chi connectivity index (χ2v) is 8.43. The topological polar surface area (TPSA) is 78.4 Å². The zero-order valence-electron chi connectivity index (χ0n) is 17.1. The van der Waals surface area contributed by atoms with Crippen molar-refractivity contribution in [2.24, 2.45) is 0 Å². The quantitative estimate of drug-likeness (QED) is 0.793. The molecular weight excluding hydrogens is 402 g/mol. The summed E-state index contributed by atoms with van der Waals surface area (Å²) in [7, 11) is 0. The third-order valence-electron chi connectivity index (χ3n) is 5.80. The molecule has 158 valence electrons. The Morgan fingerprint density at radius 3 is 2.60 bits per heavy atom. The van der Waals surface area contributed by atoms with E-state index in [9.17, 15) is 9.59 Å². The highest BCUT2D eigenvalue weighted by Gasteiger charge is 2.29. The van der Waals surface area contributed by atoms with Crippen molar-refractivity contribution < 1.29 is 9.59 Å². The Balaban J connectivity index is 1.36. The van der Waals surface area contributed by atoms with E-state index in [1.165, 1.54) is 0 Å². The SMILES string of the molecule is Cc1nc(C2CCN(CC(=O)N3CCCC3)C2)ncc1C(=O)Nc1ccc(Cl)cc1. The molecule has 1 N–H and O–H groups in total. The van der Waals surface area contributed by atoms with Gasteiger partial charge in [0.2, 0.25) is 5.91 Å². The maximum atomic E-state index is 12.6. The zero-order valence-corrected chi connectivity index (χ0v) is 17.9. The number of amides is 2. The van der Waals surface area contributed by atoms with E-state index in [4.69, 9.17) is 11.6 Å². The van der Waals surface area contributed by atoms with E-state index in [1.807, 2.05) is 11.8 Å². The first-order chi connectivity index (χ1) is 14.5. The second-order valence-electron chi connectivity index (χ2n) is 8.00. The number of aryl methyl sites for hydroxylation is 1. The van der Waals surface area contributed by atoms with Crippen molar-refractivity contribution in [1.29, 1.82) is 0 Å². The first-order valence-corrected chi connectivity index (χ1v) is 10.8. The van der Waals surface area contributed by atoms with E-state index in [1.54, 1.807) is 30.5 Å². The molecule has 3 heterocycles. The minimum Gasteiger partial charge on any atom is -0.342 e. The molecule has 2 fully saturated rings. The van der Waals surface area contributed by atoms with Gasteiger partial charge in [0.15, 0.2) is 0 Å². The average molecular weight is 428 g/mol. The number of hydrogen-bond donors (Lipinski definition) is 1. The van der Waals surface area contributed by atoms with Gasteiger partial charge < -0.3 is 10.2 Å². The Hall–Kier alpha value is -2.51. The van der Waals surface area contributed by atoms with E-state index < -0.39 is 0 Å². The molecule has 0 radical (unpaired) electrons. The van der Waals surface area contributed by atoms with Crippen molar-refractivity contribution in [1.82, 2.24) is 19.8 Å². The molecule has 1 atom stereocenters. The standard InChI is InChI=1S/C22H26ClN5O2/c1-15-19(22(30)26-18-6-4-17(23)5-7-18)12-24-21(25-15)16-8-11-27(13-16)14-20(29)28-9-2-3-10-28/h4-7,12,16H,2-3,8-11,13-14H2,1H3,(H,26,30). The van der Waals surface area contributed by atoms with Crippen LogP contribution in [0.3, 0.4) is 0 Å². The van der Waals surface area contributed by atoms with Crippen LogP contribution in [0, 0.1) is 6.92 Å². The largest absolute Gasteiger partial charge is 0.342 e. The van der Waals surface area contributed by atoms with Crippen LogP contribution in [0.25, 0.3) is 0 Å². The van der Waals surface area contributed by atoms with Gasteiger partial charge in [-0.25, -0.2) is 9.97 Å². The summed E-state index contributed by atoms with van der Waals surface area (Å²) < 4.78 is 0. The molecule has 2 aliphatic heterocycles. The normalized spacial score (nSPS) is 19.3. The Bertz CT molecular complexity index is 928. The Labute approximate surface area is 181 Å². The molecule has 1 aromatic carbocycles. The van der Waals surface area contributed by atoms with Crippen molar-refractivity contribution in [2.45, 2.75) is 32.1 Å². The van der Waals surface area contributed by atoms with Gasteiger partial charge in [0, 0.05) is 42.5 Å². The average Bonchev–Trinajstić information content (AvgIpc) is 3.42. The number of aromatic nitrogens is 2. The molecule has 2 aliphatic rings. The summed E-state index contributed by atoms with van der Waals surface area (Å²) >= 11 is 5.88. The third kappa shape index (κ3) is 4.79. The van der Waals surface area contributed by atoms with Gasteiger partial charge in [0.05, 0.1) is 17.8 Å². The van der Waals surface area contributed by atoms with Crippen LogP contribution in [0.5, 0.6) is 0 Å². The summed E-state index contributed by atoms with van der Waals surface area (Å²) in [5, 5.41) is 3.46. The monoisotopic (exact) mass is 427 g/mol. The smallest absolute Gasteiger partial charge is 0.259 e. The van der Waals surface area contributed by atoms with E-state index >= 15 is 0 Å². The summed E-state index contributed by atoms with van der Waals surface area (Å²) in [5.74, 6) is 0.903. The molecule has 4 rings (SSSR count). The molecule has 8 heteroatoms. The fraction of sp³-hybridized carbons (Fsp3) is 0.455. The molecule has 2 amide bonds. The summed E-state index contributed by atoms with van der Waals surface area (Å²) in [6.07, 6.45) is 4.74. The highest BCUT2D eigenvalue weighted by atomic mass is 35.5. The molecule has 2 saturated heterocycles. The van der Waals surface area contributed by atoms with Crippen LogP contribution in [-0.2, 0) is 4.79 Å². The van der Waals surface area contributed by atoms with Crippen LogP contribution in [0.15, 0.2) is 30.5 Å². The molecule has 7 nitrogen and oxygen atoms in total. The van der Waals surface area contributed by atoms with Gasteiger partial charge in [0.1, 0.15) is 5.82 Å². The highest BCUT2D eigenvalue weighted by molar-refractivity contribution is 6.30. The lowest BCUT2D eigenvalue weighted by Gasteiger charge is -2.20. The number of benzene rings is 1. The first-order valence-electron chi connectivity index (χ1n) is 10.4. The van der Waals surface area contributed by atoms with Crippen LogP contribution in [0.2, 0.25) is 5.02 Å². The Kier molecular flexibility index (Phi) is 6.29. The van der Waals surface area contributed by atoms with E-state index in [0.717, 1.165) is 51.3 Å². The second kappa shape index (κ2) is 9.10. The molecule has 0 saturated carbocycles. The number of halogens is 1. The fourth-order valence-corrected chi connectivity index (χ4v) is 4.21. The fourth-order valence-electron chi connectivity index (χ4n) is 4.08. The van der Waals surface area contributed by atoms with Gasteiger partial charge in [-0.1, -0.05) is 11.6 Å². The number of likely N-dealkylation sites (tertiary alicyclic amines) is 2. The maximum absolute atomic E-state index is 12.6. The minimum atomic E-state index is -0.245. The first kappa shape index (κ1) is 20.8. The van der Waals surface area contributed by atoms with E-state index in [-0.39, 0.29) is 17.7 Å². The zero-order chi connectivity index (χ0) is 21.1. The molecule has 2 aromatic rings. The molecule has 0 aliphatic carbocycles. The van der Waals surface area contributed by atoms with E-state index in [0.29, 0.717) is 28.5 Å². The predicted molar refractivity (Wildman–Crippen MR) is 116 cm³/mol. The van der Waals surface area contributed by atoms with Gasteiger partial charge in [-0.3, -0.25) is 14.5 Å². The molecule has 1 aromatic heterocycles. The summed E-state index contributed by atoms with van der Waals surface area (Å²) in [6, 6.07) is 6.95. The molecule has 30 heavy (non-hydrogen) atoms. The van der Waals surface area contributed by atoms with Gasteiger partial charge in [-0.05, 0) is 57.0 Å². The maximum Gasteiger partial charge on any atom is 0.259 e. The van der Waals surface area contributed by atoms with Crippen molar-refractivity contribution in [3.8, 4) is 0 Å². The molecule has 0 bridgehead atoms.